The quantitative estimate of drug-likeness (QED) is 0.662. The second kappa shape index (κ2) is 6.04. The standard InChI is InChI=1S/C13H19NO.C2H6/c1-10(2)13(3)7-6-12-11(14-9-13)5-4-8-15-12;1-2/h6-7,9-10H,4-5,8H2,1-3H3;1-2H3. The highest BCUT2D eigenvalue weighted by Crippen LogP contribution is 2.32. The van der Waals surface area contributed by atoms with E-state index in [1.807, 2.05) is 13.8 Å². The lowest BCUT2D eigenvalue weighted by molar-refractivity contribution is 0.199. The molecule has 1 unspecified atom stereocenters. The Morgan fingerprint density at radius 1 is 1.35 bits per heavy atom. The molecule has 0 aromatic heterocycles. The van der Waals surface area contributed by atoms with E-state index in [4.69, 9.17) is 4.74 Å². The molecule has 0 N–H and O–H groups in total. The fraction of sp³-hybridized carbons (Fsp3) is 0.667. The van der Waals surface area contributed by atoms with Crippen LogP contribution in [0.4, 0.5) is 0 Å². The molecule has 0 aromatic carbocycles. The zero-order valence-corrected chi connectivity index (χ0v) is 11.8. The summed E-state index contributed by atoms with van der Waals surface area (Å²) in [6.07, 6.45) is 8.52. The van der Waals surface area contributed by atoms with E-state index in [1.165, 1.54) is 0 Å². The van der Waals surface area contributed by atoms with Crippen LogP contribution >= 0.6 is 0 Å². The number of ether oxygens (including phenoxy) is 1. The minimum atomic E-state index is 0.0563. The third-order valence-electron chi connectivity index (χ3n) is 3.44. The van der Waals surface area contributed by atoms with Crippen molar-refractivity contribution < 1.29 is 4.74 Å². The van der Waals surface area contributed by atoms with Crippen molar-refractivity contribution in [1.82, 2.24) is 0 Å². The minimum absolute atomic E-state index is 0.0563. The van der Waals surface area contributed by atoms with Crippen LogP contribution in [-0.2, 0) is 4.74 Å². The van der Waals surface area contributed by atoms with Gasteiger partial charge in [-0.15, -0.1) is 0 Å². The van der Waals surface area contributed by atoms with Gasteiger partial charge >= 0.3 is 0 Å². The van der Waals surface area contributed by atoms with Crippen LogP contribution in [0.25, 0.3) is 0 Å². The first-order valence-corrected chi connectivity index (χ1v) is 6.72. The van der Waals surface area contributed by atoms with E-state index in [1.54, 1.807) is 0 Å². The van der Waals surface area contributed by atoms with Crippen LogP contribution in [0, 0.1) is 11.3 Å². The first-order chi connectivity index (χ1) is 8.12. The third-order valence-corrected chi connectivity index (χ3v) is 3.44. The highest BCUT2D eigenvalue weighted by Gasteiger charge is 2.26. The van der Waals surface area contributed by atoms with Gasteiger partial charge in [-0.05, 0) is 24.8 Å². The second-order valence-corrected chi connectivity index (χ2v) is 4.88. The van der Waals surface area contributed by atoms with Gasteiger partial charge < -0.3 is 4.74 Å². The lowest BCUT2D eigenvalue weighted by atomic mass is 9.80. The predicted octanol–water partition coefficient (Wildman–Crippen LogP) is 4.34. The maximum absolute atomic E-state index is 5.61. The van der Waals surface area contributed by atoms with E-state index in [2.05, 4.69) is 44.1 Å². The molecule has 2 aliphatic heterocycles. The molecular weight excluding hydrogens is 210 g/mol. The van der Waals surface area contributed by atoms with E-state index in [0.29, 0.717) is 5.92 Å². The van der Waals surface area contributed by atoms with Crippen LogP contribution < -0.4 is 0 Å². The number of allylic oxidation sites excluding steroid dienone is 3. The Morgan fingerprint density at radius 2 is 2.06 bits per heavy atom. The number of aliphatic imine (C=N–C) groups is 1. The van der Waals surface area contributed by atoms with Crippen LogP contribution in [0.15, 0.2) is 28.6 Å². The Labute approximate surface area is 105 Å². The number of hydrogen-bond donors (Lipinski definition) is 0. The molecule has 0 bridgehead atoms. The second-order valence-electron chi connectivity index (χ2n) is 4.88. The van der Waals surface area contributed by atoms with Crippen LogP contribution in [-0.4, -0.2) is 12.8 Å². The first-order valence-electron chi connectivity index (χ1n) is 6.72. The molecule has 0 saturated heterocycles. The zero-order chi connectivity index (χ0) is 12.9. The minimum Gasteiger partial charge on any atom is -0.492 e. The molecule has 0 amide bonds. The van der Waals surface area contributed by atoms with Gasteiger partial charge in [0.25, 0.3) is 0 Å². The molecule has 2 aliphatic rings. The molecule has 0 radical (unpaired) electrons. The van der Waals surface area contributed by atoms with Crippen molar-refractivity contribution in [3.63, 3.8) is 0 Å². The van der Waals surface area contributed by atoms with Gasteiger partial charge in [-0.2, -0.15) is 0 Å². The molecule has 0 aliphatic carbocycles. The highest BCUT2D eigenvalue weighted by molar-refractivity contribution is 5.71. The first kappa shape index (κ1) is 14.0. The van der Waals surface area contributed by atoms with Crippen molar-refractivity contribution in [2.75, 3.05) is 6.61 Å². The van der Waals surface area contributed by atoms with Gasteiger partial charge in [0.2, 0.25) is 0 Å². The Bertz CT molecular complexity index is 311. The third kappa shape index (κ3) is 3.21. The van der Waals surface area contributed by atoms with Crippen molar-refractivity contribution in [1.29, 1.82) is 0 Å². The molecule has 0 fully saturated rings. The summed E-state index contributed by atoms with van der Waals surface area (Å²) in [5.41, 5.74) is 1.17. The Morgan fingerprint density at radius 3 is 2.71 bits per heavy atom. The molecule has 0 saturated carbocycles. The van der Waals surface area contributed by atoms with Gasteiger partial charge in [0.15, 0.2) is 0 Å². The molecule has 2 rings (SSSR count). The van der Waals surface area contributed by atoms with Crippen LogP contribution in [0.1, 0.15) is 47.5 Å². The average molecular weight is 235 g/mol. The molecule has 2 nitrogen and oxygen atoms in total. The average Bonchev–Trinajstić information content (AvgIpc) is 2.53. The maximum atomic E-state index is 5.61. The highest BCUT2D eigenvalue weighted by atomic mass is 16.5. The summed E-state index contributed by atoms with van der Waals surface area (Å²) in [5, 5.41) is 0. The predicted molar refractivity (Wildman–Crippen MR) is 74.1 cm³/mol. The van der Waals surface area contributed by atoms with Gasteiger partial charge in [-0.3, -0.25) is 4.99 Å². The van der Waals surface area contributed by atoms with E-state index < -0.39 is 0 Å². The van der Waals surface area contributed by atoms with Crippen molar-refractivity contribution in [2.45, 2.75) is 47.5 Å². The SMILES string of the molecule is CC.CC(C)C1(C)C=CC2=C(CCCO2)N=C1. The summed E-state index contributed by atoms with van der Waals surface area (Å²) >= 11 is 0. The summed E-state index contributed by atoms with van der Waals surface area (Å²) in [4.78, 5) is 4.59. The Balaban J connectivity index is 0.000000686. The summed E-state index contributed by atoms with van der Waals surface area (Å²) < 4.78 is 5.61. The topological polar surface area (TPSA) is 21.6 Å². The van der Waals surface area contributed by atoms with E-state index in [-0.39, 0.29) is 5.41 Å². The monoisotopic (exact) mass is 235 g/mol. The molecule has 2 heterocycles. The van der Waals surface area contributed by atoms with Crippen molar-refractivity contribution in [3.8, 4) is 0 Å². The van der Waals surface area contributed by atoms with Gasteiger partial charge in [0.1, 0.15) is 5.76 Å². The Hall–Kier alpha value is -1.05. The van der Waals surface area contributed by atoms with Crippen LogP contribution in [0.2, 0.25) is 0 Å². The molecule has 17 heavy (non-hydrogen) atoms. The van der Waals surface area contributed by atoms with Crippen LogP contribution in [0.3, 0.4) is 0 Å². The summed E-state index contributed by atoms with van der Waals surface area (Å²) in [6.45, 7) is 11.5. The van der Waals surface area contributed by atoms with Gasteiger partial charge in [0.05, 0.1) is 12.3 Å². The summed E-state index contributed by atoms with van der Waals surface area (Å²) in [6, 6.07) is 0. The van der Waals surface area contributed by atoms with E-state index in [0.717, 1.165) is 30.9 Å². The van der Waals surface area contributed by atoms with E-state index in [9.17, 15) is 0 Å². The fourth-order valence-electron chi connectivity index (χ4n) is 1.76. The maximum Gasteiger partial charge on any atom is 0.140 e. The van der Waals surface area contributed by atoms with Gasteiger partial charge in [-0.25, -0.2) is 0 Å². The number of hydrogen-bond acceptors (Lipinski definition) is 2. The van der Waals surface area contributed by atoms with Crippen molar-refractivity contribution in [2.24, 2.45) is 16.3 Å². The Kier molecular flexibility index (Phi) is 4.98. The van der Waals surface area contributed by atoms with Gasteiger partial charge in [-0.1, -0.05) is 40.7 Å². The lowest BCUT2D eigenvalue weighted by Crippen LogP contribution is -2.22. The van der Waals surface area contributed by atoms with E-state index >= 15 is 0 Å². The molecular formula is C15H25NO. The fourth-order valence-corrected chi connectivity index (χ4v) is 1.76. The largest absolute Gasteiger partial charge is 0.492 e. The van der Waals surface area contributed by atoms with Crippen molar-refractivity contribution >= 4 is 6.21 Å². The zero-order valence-electron chi connectivity index (χ0n) is 11.8. The summed E-state index contributed by atoms with van der Waals surface area (Å²) in [7, 11) is 0. The molecule has 0 spiro atoms. The van der Waals surface area contributed by atoms with Crippen molar-refractivity contribution in [3.05, 3.63) is 23.6 Å². The smallest absolute Gasteiger partial charge is 0.140 e. The van der Waals surface area contributed by atoms with Gasteiger partial charge in [0, 0.05) is 11.6 Å². The molecule has 2 heteroatoms. The van der Waals surface area contributed by atoms with Crippen LogP contribution in [0.5, 0.6) is 0 Å². The molecule has 96 valence electrons. The normalized spacial score (nSPS) is 26.9. The number of rotatable bonds is 1. The number of nitrogens with zero attached hydrogens (tertiary/aromatic N) is 1. The molecule has 1 atom stereocenters. The lowest BCUT2D eigenvalue weighted by Gasteiger charge is -2.24. The summed E-state index contributed by atoms with van der Waals surface area (Å²) in [5.74, 6) is 1.53. The molecule has 0 aromatic rings.